The Labute approximate surface area is 90.5 Å². The third kappa shape index (κ3) is 1.84. The predicted octanol–water partition coefficient (Wildman–Crippen LogP) is 1.74. The van der Waals surface area contributed by atoms with Crippen molar-refractivity contribution in [2.75, 3.05) is 18.5 Å². The van der Waals surface area contributed by atoms with Crippen molar-refractivity contribution in [1.82, 2.24) is 0 Å². The van der Waals surface area contributed by atoms with E-state index in [-0.39, 0.29) is 0 Å². The summed E-state index contributed by atoms with van der Waals surface area (Å²) in [6.07, 6.45) is 6.66. The van der Waals surface area contributed by atoms with Crippen LogP contribution in [0.25, 0.3) is 0 Å². The van der Waals surface area contributed by atoms with E-state index < -0.39 is 6.10 Å². The van der Waals surface area contributed by atoms with Gasteiger partial charge in [0, 0.05) is 19.3 Å². The number of benzene rings is 1. The Hall–Kier alpha value is -1.46. The third-order valence-corrected chi connectivity index (χ3v) is 2.93. The number of hydrogen-bond donors (Lipinski definition) is 1. The standard InChI is InChI=1S/C13H15NO/c1-3-13(15)11-6-7-12-10(9-11)5-4-8-14(12)2/h1,6-7,9,13,15H,4-5,8H2,2H3. The van der Waals surface area contributed by atoms with Crippen molar-refractivity contribution in [2.24, 2.45) is 0 Å². The molecule has 0 amide bonds. The summed E-state index contributed by atoms with van der Waals surface area (Å²) in [6, 6.07) is 5.98. The van der Waals surface area contributed by atoms with E-state index in [2.05, 4.69) is 17.9 Å². The van der Waals surface area contributed by atoms with Gasteiger partial charge in [0.1, 0.15) is 6.10 Å². The summed E-state index contributed by atoms with van der Waals surface area (Å²) in [5.74, 6) is 2.34. The average Bonchev–Trinajstić information content (AvgIpc) is 2.28. The summed E-state index contributed by atoms with van der Waals surface area (Å²) < 4.78 is 0. The Bertz CT molecular complexity index is 405. The summed E-state index contributed by atoms with van der Waals surface area (Å²) in [5, 5.41) is 9.55. The molecule has 2 heteroatoms. The van der Waals surface area contributed by atoms with Crippen molar-refractivity contribution in [3.8, 4) is 12.3 Å². The third-order valence-electron chi connectivity index (χ3n) is 2.93. The highest BCUT2D eigenvalue weighted by Gasteiger charge is 2.15. The molecule has 1 aromatic rings. The van der Waals surface area contributed by atoms with Gasteiger partial charge in [0.25, 0.3) is 0 Å². The minimum Gasteiger partial charge on any atom is -0.376 e. The van der Waals surface area contributed by atoms with Crippen LogP contribution >= 0.6 is 0 Å². The zero-order chi connectivity index (χ0) is 10.8. The second kappa shape index (κ2) is 3.96. The van der Waals surface area contributed by atoms with E-state index in [1.165, 1.54) is 17.7 Å². The molecule has 1 heterocycles. The summed E-state index contributed by atoms with van der Waals surface area (Å²) >= 11 is 0. The van der Waals surface area contributed by atoms with Crippen molar-refractivity contribution in [1.29, 1.82) is 0 Å². The van der Waals surface area contributed by atoms with Crippen LogP contribution in [0, 0.1) is 12.3 Å². The van der Waals surface area contributed by atoms with Gasteiger partial charge in [-0.1, -0.05) is 18.1 Å². The molecule has 0 aromatic heterocycles. The molecule has 0 saturated heterocycles. The molecule has 0 bridgehead atoms. The van der Waals surface area contributed by atoms with E-state index in [4.69, 9.17) is 6.42 Å². The van der Waals surface area contributed by atoms with Crippen molar-refractivity contribution in [3.63, 3.8) is 0 Å². The van der Waals surface area contributed by atoms with E-state index in [0.29, 0.717) is 0 Å². The highest BCUT2D eigenvalue weighted by molar-refractivity contribution is 5.56. The van der Waals surface area contributed by atoms with Gasteiger partial charge in [0.05, 0.1) is 0 Å². The number of aryl methyl sites for hydroxylation is 1. The lowest BCUT2D eigenvalue weighted by atomic mass is 9.98. The second-order valence-corrected chi connectivity index (χ2v) is 3.98. The highest BCUT2D eigenvalue weighted by atomic mass is 16.3. The normalized spacial score (nSPS) is 16.7. The second-order valence-electron chi connectivity index (χ2n) is 3.98. The van der Waals surface area contributed by atoms with Gasteiger partial charge in [-0.05, 0) is 30.0 Å². The van der Waals surface area contributed by atoms with E-state index in [0.717, 1.165) is 18.5 Å². The molecule has 1 aliphatic heterocycles. The van der Waals surface area contributed by atoms with Crippen molar-refractivity contribution >= 4 is 5.69 Å². The van der Waals surface area contributed by atoms with Crippen molar-refractivity contribution < 1.29 is 5.11 Å². The van der Waals surface area contributed by atoms with Crippen LogP contribution in [-0.2, 0) is 6.42 Å². The highest BCUT2D eigenvalue weighted by Crippen LogP contribution is 2.28. The fraction of sp³-hybridized carbons (Fsp3) is 0.385. The van der Waals surface area contributed by atoms with Crippen LogP contribution in [-0.4, -0.2) is 18.7 Å². The maximum atomic E-state index is 9.55. The Kier molecular flexibility index (Phi) is 2.66. The molecule has 78 valence electrons. The lowest BCUT2D eigenvalue weighted by Crippen LogP contribution is -2.24. The smallest absolute Gasteiger partial charge is 0.139 e. The van der Waals surface area contributed by atoms with Crippen molar-refractivity contribution in [2.45, 2.75) is 18.9 Å². The van der Waals surface area contributed by atoms with E-state index in [1.807, 2.05) is 18.2 Å². The number of nitrogens with zero attached hydrogens (tertiary/aromatic N) is 1. The SMILES string of the molecule is C#CC(O)c1ccc2c(c1)CCCN2C. The molecule has 15 heavy (non-hydrogen) atoms. The van der Waals surface area contributed by atoms with Crippen LogP contribution in [0.15, 0.2) is 18.2 Å². The summed E-state index contributed by atoms with van der Waals surface area (Å²) in [4.78, 5) is 2.24. The van der Waals surface area contributed by atoms with Gasteiger partial charge in [0.2, 0.25) is 0 Å². The molecule has 1 aliphatic rings. The molecular formula is C13H15NO. The molecule has 1 aromatic carbocycles. The quantitative estimate of drug-likeness (QED) is 0.699. The van der Waals surface area contributed by atoms with Crippen LogP contribution in [0.5, 0.6) is 0 Å². The van der Waals surface area contributed by atoms with Gasteiger partial charge < -0.3 is 10.0 Å². The Morgan fingerprint density at radius 2 is 2.33 bits per heavy atom. The van der Waals surface area contributed by atoms with E-state index in [1.54, 1.807) is 0 Å². The Morgan fingerprint density at radius 3 is 3.07 bits per heavy atom. The first-order valence-electron chi connectivity index (χ1n) is 5.20. The summed E-state index contributed by atoms with van der Waals surface area (Å²) in [5.41, 5.74) is 3.37. The largest absolute Gasteiger partial charge is 0.376 e. The lowest BCUT2D eigenvalue weighted by molar-refractivity contribution is 0.238. The fourth-order valence-corrected chi connectivity index (χ4v) is 2.07. The maximum Gasteiger partial charge on any atom is 0.139 e. The molecule has 1 N–H and O–H groups in total. The van der Waals surface area contributed by atoms with Crippen LogP contribution in [0.2, 0.25) is 0 Å². The number of aliphatic hydroxyl groups is 1. The number of aliphatic hydroxyl groups excluding tert-OH is 1. The minimum absolute atomic E-state index is 0.775. The maximum absolute atomic E-state index is 9.55. The van der Waals surface area contributed by atoms with Crippen molar-refractivity contribution in [3.05, 3.63) is 29.3 Å². The molecule has 0 radical (unpaired) electrons. The number of terminal acetylenes is 1. The van der Waals surface area contributed by atoms with Crippen LogP contribution in [0.3, 0.4) is 0 Å². The predicted molar refractivity (Wildman–Crippen MR) is 61.8 cm³/mol. The van der Waals surface area contributed by atoms with Crippen LogP contribution in [0.1, 0.15) is 23.7 Å². The average molecular weight is 201 g/mol. The first-order chi connectivity index (χ1) is 7.22. The molecule has 1 atom stereocenters. The Balaban J connectivity index is 2.38. The summed E-state index contributed by atoms with van der Waals surface area (Å²) in [6.45, 7) is 1.10. The number of hydrogen-bond acceptors (Lipinski definition) is 2. The fourth-order valence-electron chi connectivity index (χ4n) is 2.07. The molecule has 0 fully saturated rings. The zero-order valence-corrected chi connectivity index (χ0v) is 8.90. The molecule has 0 saturated carbocycles. The van der Waals surface area contributed by atoms with Gasteiger partial charge in [-0.15, -0.1) is 6.42 Å². The summed E-state index contributed by atoms with van der Waals surface area (Å²) in [7, 11) is 2.09. The number of anilines is 1. The molecule has 2 rings (SSSR count). The zero-order valence-electron chi connectivity index (χ0n) is 8.90. The van der Waals surface area contributed by atoms with E-state index in [9.17, 15) is 5.11 Å². The topological polar surface area (TPSA) is 23.5 Å². The Morgan fingerprint density at radius 1 is 1.53 bits per heavy atom. The molecule has 2 nitrogen and oxygen atoms in total. The number of fused-ring (bicyclic) bond motifs is 1. The van der Waals surface area contributed by atoms with Crippen LogP contribution < -0.4 is 4.90 Å². The van der Waals surface area contributed by atoms with Gasteiger partial charge in [-0.2, -0.15) is 0 Å². The van der Waals surface area contributed by atoms with Gasteiger partial charge in [-0.25, -0.2) is 0 Å². The minimum atomic E-state index is -0.775. The van der Waals surface area contributed by atoms with Crippen LogP contribution in [0.4, 0.5) is 5.69 Å². The van der Waals surface area contributed by atoms with Gasteiger partial charge in [-0.3, -0.25) is 0 Å². The number of rotatable bonds is 1. The van der Waals surface area contributed by atoms with E-state index >= 15 is 0 Å². The molecular weight excluding hydrogens is 186 g/mol. The first-order valence-corrected chi connectivity index (χ1v) is 5.20. The van der Waals surface area contributed by atoms with Gasteiger partial charge in [0.15, 0.2) is 0 Å². The lowest BCUT2D eigenvalue weighted by Gasteiger charge is -2.28. The molecule has 0 spiro atoms. The first kappa shape index (κ1) is 10.1. The molecule has 1 unspecified atom stereocenters. The van der Waals surface area contributed by atoms with Gasteiger partial charge >= 0.3 is 0 Å². The monoisotopic (exact) mass is 201 g/mol. The molecule has 0 aliphatic carbocycles.